The largest absolute Gasteiger partial charge is 0.264 e. The van der Waals surface area contributed by atoms with Gasteiger partial charge in [0, 0.05) is 18.3 Å². The quantitative estimate of drug-likeness (QED) is 0.693. The molecule has 1 heterocycles. The molecule has 0 N–H and O–H groups in total. The van der Waals surface area contributed by atoms with E-state index < -0.39 is 0 Å². The number of aromatic nitrogens is 1. The van der Waals surface area contributed by atoms with E-state index in [1.165, 1.54) is 0 Å². The van der Waals surface area contributed by atoms with Crippen LogP contribution < -0.4 is 0 Å². The maximum atomic E-state index is 4.29. The van der Waals surface area contributed by atoms with Crippen LogP contribution in [0.5, 0.6) is 0 Å². The van der Waals surface area contributed by atoms with Crippen LogP contribution in [0.15, 0.2) is 53.7 Å². The van der Waals surface area contributed by atoms with Gasteiger partial charge in [-0.3, -0.25) is 9.98 Å². The molecule has 0 aliphatic heterocycles. The Morgan fingerprint density at radius 2 is 1.87 bits per heavy atom. The molecule has 0 atom stereocenters. The van der Waals surface area contributed by atoms with Crippen molar-refractivity contribution in [3.05, 3.63) is 59.9 Å². The molecular formula is C13H12N2. The van der Waals surface area contributed by atoms with Gasteiger partial charge in [0.1, 0.15) is 0 Å². The highest BCUT2D eigenvalue weighted by Gasteiger charge is 2.01. The monoisotopic (exact) mass is 196 g/mol. The van der Waals surface area contributed by atoms with E-state index in [0.29, 0.717) is 0 Å². The molecule has 1 aromatic heterocycles. The predicted octanol–water partition coefficient (Wildman–Crippen LogP) is 3.00. The molecule has 15 heavy (non-hydrogen) atoms. The fourth-order valence-corrected chi connectivity index (χ4v) is 1.51. The Hall–Kier alpha value is -1.96. The average molecular weight is 196 g/mol. The lowest BCUT2D eigenvalue weighted by Crippen LogP contribution is -1.91. The first-order chi connectivity index (χ1) is 7.40. The van der Waals surface area contributed by atoms with Crippen molar-refractivity contribution in [2.75, 3.05) is 0 Å². The molecule has 0 aliphatic carbocycles. The summed E-state index contributed by atoms with van der Waals surface area (Å²) in [6.07, 6.45) is 2.61. The lowest BCUT2D eigenvalue weighted by atomic mass is 10.1. The molecule has 2 heteroatoms. The highest BCUT2D eigenvalue weighted by Crippen LogP contribution is 2.20. The molecule has 0 spiro atoms. The van der Waals surface area contributed by atoms with Gasteiger partial charge in [-0.05, 0) is 30.5 Å². The van der Waals surface area contributed by atoms with E-state index in [-0.39, 0.29) is 0 Å². The van der Waals surface area contributed by atoms with Gasteiger partial charge in [-0.25, -0.2) is 0 Å². The minimum absolute atomic E-state index is 0.802. The lowest BCUT2D eigenvalue weighted by Gasteiger charge is -2.03. The average Bonchev–Trinajstić information content (AvgIpc) is 2.31. The van der Waals surface area contributed by atoms with Crippen LogP contribution in [-0.2, 0) is 6.42 Å². The van der Waals surface area contributed by atoms with Crippen LogP contribution in [0.4, 0.5) is 5.69 Å². The summed E-state index contributed by atoms with van der Waals surface area (Å²) in [6.45, 7) is 3.56. The molecule has 0 aliphatic rings. The van der Waals surface area contributed by atoms with Crippen LogP contribution in [-0.4, -0.2) is 11.7 Å². The first kappa shape index (κ1) is 9.59. The van der Waals surface area contributed by atoms with E-state index in [2.05, 4.69) is 22.8 Å². The Morgan fingerprint density at radius 3 is 2.60 bits per heavy atom. The second kappa shape index (κ2) is 4.51. The topological polar surface area (TPSA) is 25.2 Å². The van der Waals surface area contributed by atoms with Gasteiger partial charge < -0.3 is 0 Å². The minimum Gasteiger partial charge on any atom is -0.264 e. The number of aliphatic imine (C=N–C) groups is 1. The van der Waals surface area contributed by atoms with Gasteiger partial charge in [-0.2, -0.15) is 0 Å². The summed E-state index contributed by atoms with van der Waals surface area (Å²) >= 11 is 0. The smallest absolute Gasteiger partial charge is 0.0658 e. The Labute approximate surface area is 89.3 Å². The van der Waals surface area contributed by atoms with Gasteiger partial charge >= 0.3 is 0 Å². The van der Waals surface area contributed by atoms with Crippen LogP contribution in [0.1, 0.15) is 11.3 Å². The molecule has 0 saturated carbocycles. The molecule has 0 unspecified atom stereocenters. The van der Waals surface area contributed by atoms with Crippen molar-refractivity contribution >= 4 is 12.4 Å². The van der Waals surface area contributed by atoms with Gasteiger partial charge in [0.05, 0.1) is 5.69 Å². The van der Waals surface area contributed by atoms with Crippen molar-refractivity contribution in [2.24, 2.45) is 4.99 Å². The number of pyridine rings is 1. The third kappa shape index (κ3) is 2.29. The Balaban J connectivity index is 2.28. The molecule has 74 valence electrons. The molecule has 2 nitrogen and oxygen atoms in total. The van der Waals surface area contributed by atoms with E-state index in [1.54, 1.807) is 6.20 Å². The minimum atomic E-state index is 0.802. The molecular weight excluding hydrogens is 184 g/mol. The highest BCUT2D eigenvalue weighted by molar-refractivity contribution is 5.52. The van der Waals surface area contributed by atoms with E-state index in [9.17, 15) is 0 Å². The Kier molecular flexibility index (Phi) is 2.88. The maximum Gasteiger partial charge on any atom is 0.0658 e. The zero-order chi connectivity index (χ0) is 10.5. The van der Waals surface area contributed by atoms with Crippen molar-refractivity contribution in [3.63, 3.8) is 0 Å². The predicted molar refractivity (Wildman–Crippen MR) is 62.7 cm³/mol. The summed E-state index contributed by atoms with van der Waals surface area (Å²) in [6, 6.07) is 13.9. The number of hydrogen-bond donors (Lipinski definition) is 0. The molecule has 1 aromatic carbocycles. The molecule has 2 rings (SSSR count). The Bertz CT molecular complexity index is 449. The number of rotatable bonds is 3. The van der Waals surface area contributed by atoms with Crippen molar-refractivity contribution in [1.29, 1.82) is 0 Å². The van der Waals surface area contributed by atoms with Crippen LogP contribution in [0.2, 0.25) is 0 Å². The fraction of sp³-hybridized carbons (Fsp3) is 0.0769. The van der Waals surface area contributed by atoms with Crippen molar-refractivity contribution in [3.8, 4) is 0 Å². The van der Waals surface area contributed by atoms with Gasteiger partial charge in [0.15, 0.2) is 0 Å². The van der Waals surface area contributed by atoms with Crippen molar-refractivity contribution < 1.29 is 0 Å². The molecule has 0 saturated heterocycles. The number of para-hydroxylation sites is 1. The second-order valence-electron chi connectivity index (χ2n) is 3.28. The summed E-state index contributed by atoms with van der Waals surface area (Å²) in [5.41, 5.74) is 3.14. The zero-order valence-corrected chi connectivity index (χ0v) is 8.43. The first-order valence-corrected chi connectivity index (χ1v) is 4.84. The summed E-state index contributed by atoms with van der Waals surface area (Å²) in [5.74, 6) is 0. The number of benzene rings is 1. The SMILES string of the molecule is C=Nc1ccccc1Cc1ccccn1. The standard InChI is InChI=1S/C13H12N2/c1-14-13-8-3-2-6-11(13)10-12-7-4-5-9-15-12/h2-9H,1,10H2. The van der Waals surface area contributed by atoms with E-state index in [0.717, 1.165) is 23.4 Å². The normalized spacial score (nSPS) is 9.87. The van der Waals surface area contributed by atoms with Gasteiger partial charge in [-0.15, -0.1) is 0 Å². The highest BCUT2D eigenvalue weighted by atomic mass is 14.7. The third-order valence-corrected chi connectivity index (χ3v) is 2.26. The van der Waals surface area contributed by atoms with Crippen molar-refractivity contribution in [1.82, 2.24) is 4.98 Å². The third-order valence-electron chi connectivity index (χ3n) is 2.26. The van der Waals surface area contributed by atoms with E-state index in [1.807, 2.05) is 36.4 Å². The fourth-order valence-electron chi connectivity index (χ4n) is 1.51. The molecule has 0 radical (unpaired) electrons. The van der Waals surface area contributed by atoms with Crippen LogP contribution >= 0.6 is 0 Å². The number of nitrogens with zero attached hydrogens (tertiary/aromatic N) is 2. The van der Waals surface area contributed by atoms with E-state index in [4.69, 9.17) is 0 Å². The summed E-state index contributed by atoms with van der Waals surface area (Å²) in [4.78, 5) is 8.28. The molecule has 0 bridgehead atoms. The first-order valence-electron chi connectivity index (χ1n) is 4.84. The van der Waals surface area contributed by atoms with Gasteiger partial charge in [0.2, 0.25) is 0 Å². The summed E-state index contributed by atoms with van der Waals surface area (Å²) < 4.78 is 0. The van der Waals surface area contributed by atoms with E-state index >= 15 is 0 Å². The summed E-state index contributed by atoms with van der Waals surface area (Å²) in [5, 5.41) is 0. The zero-order valence-electron chi connectivity index (χ0n) is 8.43. The second-order valence-corrected chi connectivity index (χ2v) is 3.28. The maximum absolute atomic E-state index is 4.29. The molecule has 0 fully saturated rings. The Morgan fingerprint density at radius 1 is 1.07 bits per heavy atom. The summed E-state index contributed by atoms with van der Waals surface area (Å²) in [7, 11) is 0. The lowest BCUT2D eigenvalue weighted by molar-refractivity contribution is 1.07. The molecule has 2 aromatic rings. The van der Waals surface area contributed by atoms with Crippen LogP contribution in [0.3, 0.4) is 0 Å². The van der Waals surface area contributed by atoms with Gasteiger partial charge in [0.25, 0.3) is 0 Å². The van der Waals surface area contributed by atoms with Crippen molar-refractivity contribution in [2.45, 2.75) is 6.42 Å². The number of hydrogen-bond acceptors (Lipinski definition) is 2. The van der Waals surface area contributed by atoms with Crippen LogP contribution in [0.25, 0.3) is 0 Å². The van der Waals surface area contributed by atoms with Crippen LogP contribution in [0, 0.1) is 0 Å². The molecule has 0 amide bonds. The van der Waals surface area contributed by atoms with Gasteiger partial charge in [-0.1, -0.05) is 24.3 Å².